The second kappa shape index (κ2) is 5.59. The smallest absolute Gasteiger partial charge is 0.310 e. The monoisotopic (exact) mass is 300 g/mol. The van der Waals surface area contributed by atoms with Crippen LogP contribution in [0.15, 0.2) is 24.4 Å². The van der Waals surface area contributed by atoms with Crippen molar-refractivity contribution < 1.29 is 14.7 Å². The van der Waals surface area contributed by atoms with Crippen molar-refractivity contribution in [2.75, 3.05) is 0 Å². The summed E-state index contributed by atoms with van der Waals surface area (Å²) in [6.45, 7) is 0. The molecule has 19 heavy (non-hydrogen) atoms. The Morgan fingerprint density at radius 3 is 2.74 bits per heavy atom. The standard InChI is InChI=1S/C12H10Cl2N2O3/c13-9-5-15-10(14)4-8(9)11(17)16-7-2-1-6(3-7)12(18)19/h1-2,4-7H,3H2,(H,16,17)(H,18,19). The highest BCUT2D eigenvalue weighted by atomic mass is 35.5. The van der Waals surface area contributed by atoms with Crippen molar-refractivity contribution in [2.45, 2.75) is 12.5 Å². The molecule has 1 amide bonds. The number of amides is 1. The summed E-state index contributed by atoms with van der Waals surface area (Å²) < 4.78 is 0. The largest absolute Gasteiger partial charge is 0.481 e. The van der Waals surface area contributed by atoms with E-state index in [1.165, 1.54) is 12.3 Å². The van der Waals surface area contributed by atoms with Gasteiger partial charge >= 0.3 is 5.97 Å². The van der Waals surface area contributed by atoms with E-state index in [2.05, 4.69) is 10.3 Å². The Kier molecular flexibility index (Phi) is 4.07. The first-order valence-corrected chi connectivity index (χ1v) is 6.26. The van der Waals surface area contributed by atoms with Gasteiger partial charge in [0.05, 0.1) is 16.5 Å². The van der Waals surface area contributed by atoms with E-state index in [4.69, 9.17) is 28.3 Å². The van der Waals surface area contributed by atoms with Crippen molar-refractivity contribution in [1.82, 2.24) is 10.3 Å². The van der Waals surface area contributed by atoms with Crippen LogP contribution in [0, 0.1) is 5.92 Å². The molecule has 5 nitrogen and oxygen atoms in total. The van der Waals surface area contributed by atoms with E-state index in [-0.39, 0.29) is 21.8 Å². The lowest BCUT2D eigenvalue weighted by molar-refractivity contribution is -0.140. The van der Waals surface area contributed by atoms with Crippen molar-refractivity contribution in [3.05, 3.63) is 40.2 Å². The van der Waals surface area contributed by atoms with Gasteiger partial charge in [0.1, 0.15) is 5.15 Å². The molecule has 0 aliphatic heterocycles. The van der Waals surface area contributed by atoms with Crippen molar-refractivity contribution in [2.24, 2.45) is 5.92 Å². The van der Waals surface area contributed by atoms with Crippen molar-refractivity contribution in [3.8, 4) is 0 Å². The van der Waals surface area contributed by atoms with Gasteiger partial charge in [0.25, 0.3) is 5.91 Å². The van der Waals surface area contributed by atoms with Gasteiger partial charge in [-0.05, 0) is 12.5 Å². The summed E-state index contributed by atoms with van der Waals surface area (Å²) in [6.07, 6.45) is 4.85. The summed E-state index contributed by atoms with van der Waals surface area (Å²) >= 11 is 11.6. The lowest BCUT2D eigenvalue weighted by atomic mass is 10.1. The molecule has 2 atom stereocenters. The number of hydrogen-bond donors (Lipinski definition) is 2. The maximum absolute atomic E-state index is 12.0. The molecule has 2 rings (SSSR count). The Bertz CT molecular complexity index is 560. The van der Waals surface area contributed by atoms with Gasteiger partial charge in [-0.25, -0.2) is 4.98 Å². The van der Waals surface area contributed by atoms with E-state index < -0.39 is 17.8 Å². The van der Waals surface area contributed by atoms with Gasteiger partial charge < -0.3 is 10.4 Å². The number of halogens is 2. The Morgan fingerprint density at radius 1 is 1.37 bits per heavy atom. The maximum Gasteiger partial charge on any atom is 0.310 e. The van der Waals surface area contributed by atoms with Crippen LogP contribution in [0.1, 0.15) is 16.8 Å². The molecule has 0 saturated carbocycles. The van der Waals surface area contributed by atoms with Crippen LogP contribution in [-0.2, 0) is 4.79 Å². The van der Waals surface area contributed by atoms with Crippen LogP contribution in [0.5, 0.6) is 0 Å². The first kappa shape index (κ1) is 13.8. The number of carboxylic acids is 1. The zero-order valence-electron chi connectivity index (χ0n) is 9.64. The van der Waals surface area contributed by atoms with Gasteiger partial charge in [0, 0.05) is 12.2 Å². The van der Waals surface area contributed by atoms with E-state index in [1.54, 1.807) is 12.2 Å². The van der Waals surface area contributed by atoms with E-state index in [0.29, 0.717) is 6.42 Å². The van der Waals surface area contributed by atoms with Crippen LogP contribution >= 0.6 is 23.2 Å². The molecule has 7 heteroatoms. The van der Waals surface area contributed by atoms with Crippen molar-refractivity contribution in [1.29, 1.82) is 0 Å². The van der Waals surface area contributed by atoms with Crippen molar-refractivity contribution in [3.63, 3.8) is 0 Å². The molecule has 0 saturated heterocycles. The molecule has 0 fully saturated rings. The molecule has 1 aliphatic rings. The molecule has 0 spiro atoms. The zero-order valence-corrected chi connectivity index (χ0v) is 11.1. The summed E-state index contributed by atoms with van der Waals surface area (Å²) in [5.74, 6) is -1.88. The number of carbonyl (C=O) groups excluding carboxylic acids is 1. The summed E-state index contributed by atoms with van der Waals surface area (Å²) in [5.41, 5.74) is 0.217. The number of nitrogens with one attached hydrogen (secondary N) is 1. The Balaban J connectivity index is 2.05. The number of hydrogen-bond acceptors (Lipinski definition) is 3. The minimum atomic E-state index is -0.905. The minimum absolute atomic E-state index is 0.167. The molecule has 1 aliphatic carbocycles. The van der Waals surface area contributed by atoms with E-state index >= 15 is 0 Å². The first-order valence-electron chi connectivity index (χ1n) is 5.50. The highest BCUT2D eigenvalue weighted by Gasteiger charge is 2.26. The third-order valence-electron chi connectivity index (χ3n) is 2.78. The summed E-state index contributed by atoms with van der Waals surface area (Å²) in [6, 6.07) is 1.05. The Morgan fingerprint density at radius 2 is 2.11 bits per heavy atom. The van der Waals surface area contributed by atoms with Gasteiger partial charge in [-0.2, -0.15) is 0 Å². The molecule has 100 valence electrons. The average Bonchev–Trinajstić information content (AvgIpc) is 2.80. The molecule has 1 heterocycles. The molecular weight excluding hydrogens is 291 g/mol. The van der Waals surface area contributed by atoms with Crippen LogP contribution in [-0.4, -0.2) is 28.0 Å². The van der Waals surface area contributed by atoms with Crippen LogP contribution < -0.4 is 5.32 Å². The number of aliphatic carboxylic acids is 1. The van der Waals surface area contributed by atoms with Crippen LogP contribution in [0.3, 0.4) is 0 Å². The zero-order chi connectivity index (χ0) is 14.0. The Hall–Kier alpha value is -1.59. The third-order valence-corrected chi connectivity index (χ3v) is 3.29. The fourth-order valence-electron chi connectivity index (χ4n) is 1.82. The number of aromatic nitrogens is 1. The van der Waals surface area contributed by atoms with Gasteiger partial charge in [-0.3, -0.25) is 9.59 Å². The molecule has 1 aromatic heterocycles. The normalized spacial score (nSPS) is 21.4. The minimum Gasteiger partial charge on any atom is -0.481 e. The van der Waals surface area contributed by atoms with Gasteiger partial charge in [0.15, 0.2) is 0 Å². The van der Waals surface area contributed by atoms with E-state index in [0.717, 1.165) is 0 Å². The second-order valence-electron chi connectivity index (χ2n) is 4.13. The predicted octanol–water partition coefficient (Wildman–Crippen LogP) is 2.15. The highest BCUT2D eigenvalue weighted by molar-refractivity contribution is 6.35. The lowest BCUT2D eigenvalue weighted by Crippen LogP contribution is -2.33. The van der Waals surface area contributed by atoms with Crippen LogP contribution in [0.4, 0.5) is 0 Å². The quantitative estimate of drug-likeness (QED) is 0.662. The fourth-order valence-corrected chi connectivity index (χ4v) is 2.17. The molecule has 0 aromatic carbocycles. The number of carboxylic acid groups (broad SMARTS) is 1. The van der Waals surface area contributed by atoms with Crippen molar-refractivity contribution >= 4 is 35.1 Å². The summed E-state index contributed by atoms with van der Waals surface area (Å²) in [7, 11) is 0. The number of nitrogens with zero attached hydrogens (tertiary/aromatic N) is 1. The molecule has 1 aromatic rings. The van der Waals surface area contributed by atoms with Gasteiger partial charge in [-0.1, -0.05) is 35.4 Å². The van der Waals surface area contributed by atoms with Crippen LogP contribution in [0.25, 0.3) is 0 Å². The molecular formula is C12H10Cl2N2O3. The Labute approximate surface area is 119 Å². The number of rotatable bonds is 3. The number of pyridine rings is 1. The molecule has 2 N–H and O–H groups in total. The molecule has 0 bridgehead atoms. The second-order valence-corrected chi connectivity index (χ2v) is 4.93. The van der Waals surface area contributed by atoms with Crippen LogP contribution in [0.2, 0.25) is 10.2 Å². The van der Waals surface area contributed by atoms with E-state index in [1.807, 2.05) is 0 Å². The van der Waals surface area contributed by atoms with E-state index in [9.17, 15) is 9.59 Å². The summed E-state index contributed by atoms with van der Waals surface area (Å²) in [4.78, 5) is 26.5. The highest BCUT2D eigenvalue weighted by Crippen LogP contribution is 2.21. The lowest BCUT2D eigenvalue weighted by Gasteiger charge is -2.12. The SMILES string of the molecule is O=C(NC1C=CC(C(=O)O)C1)c1cc(Cl)ncc1Cl. The third kappa shape index (κ3) is 3.24. The van der Waals surface area contributed by atoms with Gasteiger partial charge in [-0.15, -0.1) is 0 Å². The maximum atomic E-state index is 12.0. The van der Waals surface area contributed by atoms with Gasteiger partial charge in [0.2, 0.25) is 0 Å². The average molecular weight is 301 g/mol. The first-order chi connectivity index (χ1) is 8.97. The predicted molar refractivity (Wildman–Crippen MR) is 70.4 cm³/mol. The summed E-state index contributed by atoms with van der Waals surface area (Å²) in [5, 5.41) is 11.9. The number of carbonyl (C=O) groups is 2. The molecule has 2 unspecified atom stereocenters. The molecule has 0 radical (unpaired) electrons. The fraction of sp³-hybridized carbons (Fsp3) is 0.250. The topological polar surface area (TPSA) is 79.3 Å².